The monoisotopic (exact) mass is 374 g/mol. The van der Waals surface area contributed by atoms with Gasteiger partial charge in [0.2, 0.25) is 15.9 Å². The van der Waals surface area contributed by atoms with Crippen molar-refractivity contribution in [3.8, 4) is 0 Å². The molecule has 140 valence electrons. The molecule has 0 bridgehead atoms. The summed E-state index contributed by atoms with van der Waals surface area (Å²) in [5.74, 6) is -1.82. The molecule has 8 heteroatoms. The van der Waals surface area contributed by atoms with Gasteiger partial charge in [0.05, 0.1) is 0 Å². The van der Waals surface area contributed by atoms with Crippen molar-refractivity contribution in [2.75, 3.05) is 26.2 Å². The summed E-state index contributed by atoms with van der Waals surface area (Å²) in [6.07, 6.45) is 1.94. The summed E-state index contributed by atoms with van der Waals surface area (Å²) in [6.45, 7) is 4.87. The van der Waals surface area contributed by atoms with E-state index in [1.165, 1.54) is 0 Å². The molecule has 0 N–H and O–H groups in total. The highest BCUT2D eigenvalue weighted by Crippen LogP contribution is 2.22. The molecule has 0 atom stereocenters. The second kappa shape index (κ2) is 8.23. The van der Waals surface area contributed by atoms with Gasteiger partial charge in [-0.05, 0) is 37.5 Å². The second-order valence-electron chi connectivity index (χ2n) is 6.17. The zero-order valence-corrected chi connectivity index (χ0v) is 15.4. The van der Waals surface area contributed by atoms with Crippen LogP contribution in [0.5, 0.6) is 0 Å². The molecule has 25 heavy (non-hydrogen) atoms. The fourth-order valence-electron chi connectivity index (χ4n) is 3.06. The molecule has 0 spiro atoms. The van der Waals surface area contributed by atoms with Crippen LogP contribution in [0.2, 0.25) is 0 Å². The van der Waals surface area contributed by atoms with Crippen molar-refractivity contribution >= 4 is 15.9 Å². The van der Waals surface area contributed by atoms with Gasteiger partial charge in [-0.2, -0.15) is 4.31 Å². The van der Waals surface area contributed by atoms with E-state index >= 15 is 0 Å². The van der Waals surface area contributed by atoms with Crippen LogP contribution in [0.1, 0.15) is 33.1 Å². The van der Waals surface area contributed by atoms with Gasteiger partial charge >= 0.3 is 0 Å². The maximum atomic E-state index is 13.9. The number of halogens is 2. The molecule has 0 radical (unpaired) electrons. The summed E-state index contributed by atoms with van der Waals surface area (Å²) in [4.78, 5) is 13.5. The Morgan fingerprint density at radius 3 is 2.44 bits per heavy atom. The fraction of sp³-hybridized carbons (Fsp3) is 0.588. The maximum absolute atomic E-state index is 13.9. The van der Waals surface area contributed by atoms with Gasteiger partial charge in [-0.1, -0.05) is 13.8 Å². The zero-order valence-electron chi connectivity index (χ0n) is 14.5. The Labute approximate surface area is 147 Å². The number of hydrogen-bond acceptors (Lipinski definition) is 3. The summed E-state index contributed by atoms with van der Waals surface area (Å²) in [5.41, 5.74) is 0. The molecular formula is C17H24F2N2O3S. The van der Waals surface area contributed by atoms with Crippen LogP contribution in [-0.4, -0.2) is 49.7 Å². The largest absolute Gasteiger partial charge is 0.341 e. The van der Waals surface area contributed by atoms with Crippen molar-refractivity contribution in [2.24, 2.45) is 5.92 Å². The van der Waals surface area contributed by atoms with Crippen LogP contribution in [0.25, 0.3) is 0 Å². The summed E-state index contributed by atoms with van der Waals surface area (Å²) >= 11 is 0. The third-order valence-corrected chi connectivity index (χ3v) is 6.53. The van der Waals surface area contributed by atoms with Crippen molar-refractivity contribution in [3.05, 3.63) is 29.8 Å². The molecule has 1 aromatic carbocycles. The molecule has 5 nitrogen and oxygen atoms in total. The Bertz CT molecular complexity index is 721. The van der Waals surface area contributed by atoms with Gasteiger partial charge in [0.25, 0.3) is 0 Å². The topological polar surface area (TPSA) is 57.7 Å². The molecular weight excluding hydrogens is 350 g/mol. The van der Waals surface area contributed by atoms with Crippen LogP contribution in [-0.2, 0) is 14.8 Å². The minimum Gasteiger partial charge on any atom is -0.341 e. The minimum absolute atomic E-state index is 0.0289. The number of nitrogens with zero attached hydrogens (tertiary/aromatic N) is 2. The molecule has 1 aromatic rings. The van der Waals surface area contributed by atoms with E-state index < -0.39 is 26.6 Å². The van der Waals surface area contributed by atoms with E-state index in [0.29, 0.717) is 19.0 Å². The fourth-order valence-corrected chi connectivity index (χ4v) is 4.61. The highest BCUT2D eigenvalue weighted by Gasteiger charge is 2.31. The number of carbonyl (C=O) groups excluding carboxylic acids is 1. The number of benzene rings is 1. The lowest BCUT2D eigenvalue weighted by Crippen LogP contribution is -2.40. The first-order valence-corrected chi connectivity index (χ1v) is 9.99. The lowest BCUT2D eigenvalue weighted by Gasteiger charge is -2.25. The molecule has 0 unspecified atom stereocenters. The highest BCUT2D eigenvalue weighted by molar-refractivity contribution is 7.89. The van der Waals surface area contributed by atoms with Crippen LogP contribution in [0, 0.1) is 17.6 Å². The maximum Gasteiger partial charge on any atom is 0.246 e. The molecule has 0 aromatic heterocycles. The van der Waals surface area contributed by atoms with Crippen LogP contribution in [0.4, 0.5) is 8.78 Å². The number of rotatable bonds is 5. The SMILES string of the molecule is CCC(CC)C(=O)N1CCCN(S(=O)(=O)c2cc(F)ccc2F)CC1. The van der Waals surface area contributed by atoms with Gasteiger partial charge in [0.1, 0.15) is 16.5 Å². The Morgan fingerprint density at radius 1 is 1.12 bits per heavy atom. The van der Waals surface area contributed by atoms with Crippen LogP contribution in [0.15, 0.2) is 23.1 Å². The third kappa shape index (κ3) is 4.36. The Hall–Kier alpha value is -1.54. The molecule has 0 saturated carbocycles. The van der Waals surface area contributed by atoms with E-state index in [0.717, 1.165) is 29.3 Å². The van der Waals surface area contributed by atoms with Crippen molar-refractivity contribution in [2.45, 2.75) is 38.0 Å². The smallest absolute Gasteiger partial charge is 0.246 e. The summed E-state index contributed by atoms with van der Waals surface area (Å²) < 4.78 is 53.7. The van der Waals surface area contributed by atoms with E-state index in [1.807, 2.05) is 13.8 Å². The summed E-state index contributed by atoms with van der Waals surface area (Å²) in [6, 6.07) is 2.39. The lowest BCUT2D eigenvalue weighted by molar-refractivity contribution is -0.135. The molecule has 1 aliphatic rings. The minimum atomic E-state index is -4.14. The third-order valence-electron chi connectivity index (χ3n) is 4.61. The Kier molecular flexibility index (Phi) is 6.51. The van der Waals surface area contributed by atoms with E-state index in [2.05, 4.69) is 0 Å². The molecule has 2 rings (SSSR count). The normalized spacial score (nSPS) is 16.9. The highest BCUT2D eigenvalue weighted by atomic mass is 32.2. The van der Waals surface area contributed by atoms with E-state index in [-0.39, 0.29) is 31.5 Å². The predicted octanol–water partition coefficient (Wildman–Crippen LogP) is 2.62. The van der Waals surface area contributed by atoms with Crippen molar-refractivity contribution in [1.82, 2.24) is 9.21 Å². The molecule has 0 aliphatic carbocycles. The van der Waals surface area contributed by atoms with Gasteiger partial charge in [0.15, 0.2) is 0 Å². The molecule has 1 aliphatic heterocycles. The zero-order chi connectivity index (χ0) is 18.6. The van der Waals surface area contributed by atoms with Gasteiger partial charge in [0, 0.05) is 32.1 Å². The number of sulfonamides is 1. The first kappa shape index (κ1) is 19.8. The van der Waals surface area contributed by atoms with Gasteiger partial charge < -0.3 is 4.90 Å². The second-order valence-corrected chi connectivity index (χ2v) is 8.08. The van der Waals surface area contributed by atoms with Crippen molar-refractivity contribution in [1.29, 1.82) is 0 Å². The summed E-state index contributed by atoms with van der Waals surface area (Å²) in [7, 11) is -4.14. The standard InChI is InChI=1S/C17H24F2N2O3S/c1-3-13(4-2)17(22)20-8-5-9-21(11-10-20)25(23,24)16-12-14(18)6-7-15(16)19/h6-7,12-13H,3-5,8-11H2,1-2H3. The lowest BCUT2D eigenvalue weighted by atomic mass is 10.0. The average molecular weight is 374 g/mol. The summed E-state index contributed by atoms with van der Waals surface area (Å²) in [5, 5.41) is 0. The molecule has 1 amide bonds. The number of carbonyl (C=O) groups is 1. The van der Waals surface area contributed by atoms with Crippen molar-refractivity contribution < 1.29 is 22.0 Å². The van der Waals surface area contributed by atoms with Crippen LogP contribution < -0.4 is 0 Å². The van der Waals surface area contributed by atoms with Crippen LogP contribution >= 0.6 is 0 Å². The predicted molar refractivity (Wildman–Crippen MR) is 90.4 cm³/mol. The molecule has 1 fully saturated rings. The molecule has 1 heterocycles. The van der Waals surface area contributed by atoms with Crippen LogP contribution in [0.3, 0.4) is 0 Å². The Balaban J connectivity index is 2.17. The average Bonchev–Trinajstić information content (AvgIpc) is 2.84. The van der Waals surface area contributed by atoms with E-state index in [9.17, 15) is 22.0 Å². The first-order chi connectivity index (χ1) is 11.8. The van der Waals surface area contributed by atoms with Gasteiger partial charge in [-0.3, -0.25) is 4.79 Å². The van der Waals surface area contributed by atoms with Crippen molar-refractivity contribution in [3.63, 3.8) is 0 Å². The number of hydrogen-bond donors (Lipinski definition) is 0. The van der Waals surface area contributed by atoms with E-state index in [4.69, 9.17) is 0 Å². The van der Waals surface area contributed by atoms with Gasteiger partial charge in [-0.15, -0.1) is 0 Å². The van der Waals surface area contributed by atoms with Gasteiger partial charge in [-0.25, -0.2) is 17.2 Å². The first-order valence-electron chi connectivity index (χ1n) is 8.55. The Morgan fingerprint density at radius 2 is 1.80 bits per heavy atom. The quantitative estimate of drug-likeness (QED) is 0.796. The number of amides is 1. The van der Waals surface area contributed by atoms with E-state index in [1.54, 1.807) is 4.90 Å². The molecule has 1 saturated heterocycles.